The molecule has 0 heterocycles. The molecule has 2 amide bonds. The summed E-state index contributed by atoms with van der Waals surface area (Å²) in [6, 6.07) is 0. The Hall–Kier alpha value is -1.96. The van der Waals surface area contributed by atoms with Crippen LogP contribution in [0.3, 0.4) is 0 Å². The van der Waals surface area contributed by atoms with Crippen molar-refractivity contribution in [2.24, 2.45) is 0 Å². The van der Waals surface area contributed by atoms with E-state index in [1.54, 1.807) is 0 Å². The van der Waals surface area contributed by atoms with Gasteiger partial charge in [0.1, 0.15) is 12.2 Å². The SMILES string of the molecule is C.C.C.C.C.C.COCOC(=O)CC(=O)NCNC(=O)CC(C)=O. The second-order valence-electron chi connectivity index (χ2n) is 3.36. The van der Waals surface area contributed by atoms with Gasteiger partial charge in [0, 0.05) is 7.11 Å². The fraction of sp³-hybridized carbons (Fsp3) is 0.750. The van der Waals surface area contributed by atoms with E-state index in [4.69, 9.17) is 0 Å². The normalized spacial score (nSPS) is 7.08. The van der Waals surface area contributed by atoms with Crippen molar-refractivity contribution in [2.75, 3.05) is 20.6 Å². The lowest BCUT2D eigenvalue weighted by atomic mass is 10.3. The van der Waals surface area contributed by atoms with E-state index in [2.05, 4.69) is 20.1 Å². The molecule has 8 heteroatoms. The number of carbonyl (C=O) groups is 4. The fourth-order valence-electron chi connectivity index (χ4n) is 0.899. The third-order valence-electron chi connectivity index (χ3n) is 1.62. The molecule has 0 radical (unpaired) electrons. The Labute approximate surface area is 148 Å². The Bertz CT molecular complexity index is 333. The van der Waals surface area contributed by atoms with Gasteiger partial charge in [0.05, 0.1) is 13.1 Å². The number of hydrogen-bond acceptors (Lipinski definition) is 6. The van der Waals surface area contributed by atoms with Gasteiger partial charge in [-0.2, -0.15) is 0 Å². The molecule has 0 fully saturated rings. The molecule has 8 nitrogen and oxygen atoms in total. The minimum atomic E-state index is -0.732. The summed E-state index contributed by atoms with van der Waals surface area (Å²) in [4.78, 5) is 43.7. The van der Waals surface area contributed by atoms with Crippen LogP contribution in [0.4, 0.5) is 0 Å². The molecule has 0 aromatic rings. The number of Topliss-reactive ketones (excluding diaryl/α,β-unsaturated/α-hetero) is 1. The van der Waals surface area contributed by atoms with E-state index in [0.717, 1.165) is 0 Å². The summed E-state index contributed by atoms with van der Waals surface area (Å²) < 4.78 is 8.97. The van der Waals surface area contributed by atoms with Gasteiger partial charge in [-0.05, 0) is 6.92 Å². The van der Waals surface area contributed by atoms with Crippen LogP contribution in [0.25, 0.3) is 0 Å². The first-order valence-electron chi connectivity index (χ1n) is 5.13. The van der Waals surface area contributed by atoms with Crippen molar-refractivity contribution >= 4 is 23.6 Å². The van der Waals surface area contributed by atoms with Crippen molar-refractivity contribution < 1.29 is 28.7 Å². The molecular formula is C16H40N2O6. The van der Waals surface area contributed by atoms with Gasteiger partial charge in [-0.1, -0.05) is 44.6 Å². The molecule has 0 aromatic carbocycles. The summed E-state index contributed by atoms with van der Waals surface area (Å²) >= 11 is 0. The summed E-state index contributed by atoms with van der Waals surface area (Å²) in [5, 5.41) is 4.56. The van der Waals surface area contributed by atoms with Crippen molar-refractivity contribution in [3.05, 3.63) is 0 Å². The average molecular weight is 357 g/mol. The number of hydrogen-bond donors (Lipinski definition) is 2. The zero-order chi connectivity index (χ0) is 14.0. The van der Waals surface area contributed by atoms with Gasteiger partial charge < -0.3 is 20.1 Å². The summed E-state index contributed by atoms with van der Waals surface area (Å²) in [6.45, 7) is 0.911. The standard InChI is InChI=1S/C10H16N2O6.6CH4/c1-7(13)3-8(14)11-5-12-9(15)4-10(16)18-6-17-2;;;;;;/h3-6H2,1-2H3,(H,11,14)(H,12,15);6*1H4. The zero-order valence-corrected chi connectivity index (χ0v) is 10.3. The second-order valence-corrected chi connectivity index (χ2v) is 3.36. The van der Waals surface area contributed by atoms with Crippen LogP contribution in [0.5, 0.6) is 0 Å². The molecule has 0 rings (SSSR count). The van der Waals surface area contributed by atoms with Crippen LogP contribution in [0, 0.1) is 0 Å². The van der Waals surface area contributed by atoms with Gasteiger partial charge in [-0.3, -0.25) is 19.2 Å². The van der Waals surface area contributed by atoms with Gasteiger partial charge in [0.2, 0.25) is 11.8 Å². The monoisotopic (exact) mass is 356 g/mol. The molecule has 0 spiro atoms. The van der Waals surface area contributed by atoms with Crippen LogP contribution in [-0.2, 0) is 28.7 Å². The van der Waals surface area contributed by atoms with Crippen LogP contribution in [0.2, 0.25) is 0 Å². The van der Waals surface area contributed by atoms with Gasteiger partial charge in [0.15, 0.2) is 6.79 Å². The maximum atomic E-state index is 11.1. The predicted molar refractivity (Wildman–Crippen MR) is 99.4 cm³/mol. The molecule has 0 aromatic heterocycles. The van der Waals surface area contributed by atoms with Crippen molar-refractivity contribution in [3.8, 4) is 0 Å². The number of methoxy groups -OCH3 is 1. The van der Waals surface area contributed by atoms with Crippen LogP contribution in [0.1, 0.15) is 64.3 Å². The summed E-state index contributed by atoms with van der Waals surface area (Å²) in [6.07, 6.45) is -0.711. The lowest BCUT2D eigenvalue weighted by Gasteiger charge is -2.06. The number of nitrogens with one attached hydrogen (secondary N) is 2. The summed E-state index contributed by atoms with van der Waals surface area (Å²) in [5.74, 6) is -2.10. The van der Waals surface area contributed by atoms with Gasteiger partial charge in [-0.15, -0.1) is 0 Å². The molecule has 0 saturated heterocycles. The van der Waals surface area contributed by atoms with E-state index >= 15 is 0 Å². The van der Waals surface area contributed by atoms with E-state index in [1.807, 2.05) is 0 Å². The number of rotatable bonds is 8. The summed E-state index contributed by atoms with van der Waals surface area (Å²) in [5.41, 5.74) is 0. The minimum Gasteiger partial charge on any atom is -0.438 e. The number of carbonyl (C=O) groups excluding carboxylic acids is 4. The number of ketones is 1. The number of amides is 2. The van der Waals surface area contributed by atoms with Crippen LogP contribution >= 0.6 is 0 Å². The van der Waals surface area contributed by atoms with Crippen molar-refractivity contribution in [1.29, 1.82) is 0 Å². The zero-order valence-electron chi connectivity index (χ0n) is 10.3. The first-order chi connectivity index (χ1) is 8.45. The Morgan fingerprint density at radius 2 is 1.21 bits per heavy atom. The van der Waals surface area contributed by atoms with Crippen LogP contribution in [-0.4, -0.2) is 44.1 Å². The molecule has 150 valence electrons. The molecule has 0 aliphatic carbocycles. The number of esters is 1. The number of ether oxygens (including phenoxy) is 2. The molecule has 0 aliphatic rings. The first kappa shape index (κ1) is 43.1. The highest BCUT2D eigenvalue weighted by Gasteiger charge is 2.10. The third-order valence-corrected chi connectivity index (χ3v) is 1.62. The lowest BCUT2D eigenvalue weighted by Crippen LogP contribution is -2.38. The first-order valence-corrected chi connectivity index (χ1v) is 5.13. The maximum absolute atomic E-state index is 11.1. The Kier molecular flexibility index (Phi) is 46.7. The quantitative estimate of drug-likeness (QED) is 0.393. The molecule has 24 heavy (non-hydrogen) atoms. The molecule has 0 bridgehead atoms. The van der Waals surface area contributed by atoms with Gasteiger partial charge >= 0.3 is 5.97 Å². The largest absolute Gasteiger partial charge is 0.438 e. The second kappa shape index (κ2) is 26.0. The fourth-order valence-corrected chi connectivity index (χ4v) is 0.899. The predicted octanol–water partition coefficient (Wildman–Crippen LogP) is 2.51. The van der Waals surface area contributed by atoms with Gasteiger partial charge in [0.25, 0.3) is 0 Å². The molecule has 0 saturated carbocycles. The Morgan fingerprint density at radius 3 is 1.58 bits per heavy atom. The van der Waals surface area contributed by atoms with E-state index in [0.29, 0.717) is 0 Å². The van der Waals surface area contributed by atoms with Gasteiger partial charge in [-0.25, -0.2) is 0 Å². The summed E-state index contributed by atoms with van der Waals surface area (Å²) in [7, 11) is 1.35. The topological polar surface area (TPSA) is 111 Å². The molecule has 0 atom stereocenters. The smallest absolute Gasteiger partial charge is 0.317 e. The Balaban J connectivity index is -0.0000000963. The molecule has 0 unspecified atom stereocenters. The molecule has 0 aliphatic heterocycles. The van der Waals surface area contributed by atoms with Crippen LogP contribution < -0.4 is 10.6 Å². The van der Waals surface area contributed by atoms with Crippen LogP contribution in [0.15, 0.2) is 0 Å². The van der Waals surface area contributed by atoms with Crippen molar-refractivity contribution in [3.63, 3.8) is 0 Å². The maximum Gasteiger partial charge on any atom is 0.317 e. The highest BCUT2D eigenvalue weighted by atomic mass is 16.7. The molecule has 2 N–H and O–H groups in total. The highest BCUT2D eigenvalue weighted by molar-refractivity contribution is 5.97. The minimum absolute atomic E-state index is 0. The Morgan fingerprint density at radius 1 is 0.792 bits per heavy atom. The van der Waals surface area contributed by atoms with Crippen molar-refractivity contribution in [1.82, 2.24) is 10.6 Å². The van der Waals surface area contributed by atoms with Crippen molar-refractivity contribution in [2.45, 2.75) is 64.3 Å². The highest BCUT2D eigenvalue weighted by Crippen LogP contribution is 1.86. The van der Waals surface area contributed by atoms with E-state index in [9.17, 15) is 19.2 Å². The van der Waals surface area contributed by atoms with E-state index in [-0.39, 0.29) is 70.2 Å². The van der Waals surface area contributed by atoms with E-state index < -0.39 is 24.2 Å². The van der Waals surface area contributed by atoms with E-state index in [1.165, 1.54) is 14.0 Å². The third kappa shape index (κ3) is 28.2. The average Bonchev–Trinajstić information content (AvgIpc) is 2.25. The molecular weight excluding hydrogens is 316 g/mol. The lowest BCUT2D eigenvalue weighted by molar-refractivity contribution is -0.155.